The molecule has 1 aromatic carbocycles. The molecule has 0 saturated carbocycles. The number of carbonyl (C=O) groups is 2. The third kappa shape index (κ3) is 2.79. The van der Waals surface area contributed by atoms with Crippen molar-refractivity contribution in [3.8, 4) is 0 Å². The molecule has 7 heteroatoms. The van der Waals surface area contributed by atoms with Crippen LogP contribution in [0, 0.1) is 5.92 Å². The first-order chi connectivity index (χ1) is 11.1. The molecule has 0 radical (unpaired) electrons. The second-order valence-corrected chi connectivity index (χ2v) is 5.43. The van der Waals surface area contributed by atoms with Gasteiger partial charge in [-0.3, -0.25) is 4.79 Å². The van der Waals surface area contributed by atoms with E-state index in [2.05, 4.69) is 5.16 Å². The minimum absolute atomic E-state index is 0.0666. The van der Waals surface area contributed by atoms with E-state index in [4.69, 9.17) is 9.57 Å². The van der Waals surface area contributed by atoms with Crippen LogP contribution in [-0.4, -0.2) is 53.1 Å². The number of aliphatic hydroxyl groups excluding tert-OH is 1. The summed E-state index contributed by atoms with van der Waals surface area (Å²) in [6.45, 7) is 2.20. The number of carbonyl (C=O) groups excluding carboxylic acids is 2. The summed E-state index contributed by atoms with van der Waals surface area (Å²) in [5, 5.41) is 13.9. The van der Waals surface area contributed by atoms with Crippen molar-refractivity contribution >= 4 is 17.6 Å². The lowest BCUT2D eigenvalue weighted by molar-refractivity contribution is -0.138. The Bertz CT molecular complexity index is 631. The first-order valence-corrected chi connectivity index (χ1v) is 7.56. The zero-order valence-corrected chi connectivity index (χ0v) is 12.7. The Morgan fingerprint density at radius 3 is 2.83 bits per heavy atom. The number of nitrogens with zero attached hydrogens (tertiary/aromatic N) is 2. The SMILES string of the molecule is CCOC(=O)C1=NO[C@H]2[C@@H]1C(=O)N(CCc1ccccc1)[C@H]2O. The van der Waals surface area contributed by atoms with Crippen LogP contribution in [0.2, 0.25) is 0 Å². The van der Waals surface area contributed by atoms with E-state index in [9.17, 15) is 14.7 Å². The summed E-state index contributed by atoms with van der Waals surface area (Å²) >= 11 is 0. The molecule has 23 heavy (non-hydrogen) atoms. The smallest absolute Gasteiger partial charge is 0.357 e. The van der Waals surface area contributed by atoms with Crippen LogP contribution < -0.4 is 0 Å². The Morgan fingerprint density at radius 1 is 1.39 bits per heavy atom. The number of likely N-dealkylation sites (tertiary alicyclic amines) is 1. The molecular formula is C16H18N2O5. The van der Waals surface area contributed by atoms with Gasteiger partial charge >= 0.3 is 5.97 Å². The van der Waals surface area contributed by atoms with Gasteiger partial charge in [0.15, 0.2) is 18.0 Å². The molecule has 1 aromatic rings. The molecule has 1 fully saturated rings. The number of esters is 1. The molecule has 0 spiro atoms. The van der Waals surface area contributed by atoms with E-state index in [1.807, 2.05) is 30.3 Å². The number of fused-ring (bicyclic) bond motifs is 1. The average Bonchev–Trinajstić information content (AvgIpc) is 3.09. The highest BCUT2D eigenvalue weighted by atomic mass is 16.7. The molecule has 0 aromatic heterocycles. The Balaban J connectivity index is 1.70. The van der Waals surface area contributed by atoms with Crippen molar-refractivity contribution in [2.45, 2.75) is 25.7 Å². The van der Waals surface area contributed by atoms with Crippen LogP contribution in [0.5, 0.6) is 0 Å². The molecular weight excluding hydrogens is 300 g/mol. The van der Waals surface area contributed by atoms with Gasteiger partial charge in [-0.05, 0) is 18.9 Å². The average molecular weight is 318 g/mol. The maximum absolute atomic E-state index is 12.5. The molecule has 0 bridgehead atoms. The van der Waals surface area contributed by atoms with E-state index in [-0.39, 0.29) is 18.2 Å². The van der Waals surface area contributed by atoms with Crippen LogP contribution >= 0.6 is 0 Å². The Labute approximate surface area is 133 Å². The van der Waals surface area contributed by atoms with Crippen LogP contribution in [0.4, 0.5) is 0 Å². The fourth-order valence-corrected chi connectivity index (χ4v) is 2.87. The van der Waals surface area contributed by atoms with Crippen molar-refractivity contribution < 1.29 is 24.3 Å². The van der Waals surface area contributed by atoms with Gasteiger partial charge in [-0.25, -0.2) is 4.79 Å². The Kier molecular flexibility index (Phi) is 4.29. The van der Waals surface area contributed by atoms with Crippen LogP contribution in [0.3, 0.4) is 0 Å². The lowest BCUT2D eigenvalue weighted by Crippen LogP contribution is -2.38. The fourth-order valence-electron chi connectivity index (χ4n) is 2.87. The van der Waals surface area contributed by atoms with Crippen molar-refractivity contribution in [3.63, 3.8) is 0 Å². The van der Waals surface area contributed by atoms with Gasteiger partial charge in [-0.2, -0.15) is 0 Å². The molecule has 2 heterocycles. The largest absolute Gasteiger partial charge is 0.461 e. The molecule has 1 amide bonds. The summed E-state index contributed by atoms with van der Waals surface area (Å²) in [5.74, 6) is -1.92. The molecule has 3 atom stereocenters. The summed E-state index contributed by atoms with van der Waals surface area (Å²) in [4.78, 5) is 30.8. The van der Waals surface area contributed by atoms with Gasteiger partial charge in [-0.1, -0.05) is 35.5 Å². The third-order valence-corrected chi connectivity index (χ3v) is 4.03. The predicted molar refractivity (Wildman–Crippen MR) is 80.3 cm³/mol. The van der Waals surface area contributed by atoms with Crippen molar-refractivity contribution in [3.05, 3.63) is 35.9 Å². The van der Waals surface area contributed by atoms with Gasteiger partial charge in [0.1, 0.15) is 5.92 Å². The van der Waals surface area contributed by atoms with E-state index < -0.39 is 24.2 Å². The summed E-state index contributed by atoms with van der Waals surface area (Å²) in [6, 6.07) is 9.66. The monoisotopic (exact) mass is 318 g/mol. The predicted octanol–water partition coefficient (Wildman–Crippen LogP) is 0.324. The number of amides is 1. The van der Waals surface area contributed by atoms with E-state index in [0.717, 1.165) is 5.56 Å². The second-order valence-electron chi connectivity index (χ2n) is 5.43. The Hall–Kier alpha value is -2.41. The summed E-state index contributed by atoms with van der Waals surface area (Å²) in [5.41, 5.74) is 0.993. The van der Waals surface area contributed by atoms with Gasteiger partial charge in [0.2, 0.25) is 5.91 Å². The first kappa shape index (κ1) is 15.5. The highest BCUT2D eigenvalue weighted by molar-refractivity contribution is 6.41. The molecule has 2 aliphatic heterocycles. The van der Waals surface area contributed by atoms with Gasteiger partial charge in [0.05, 0.1) is 6.61 Å². The topological polar surface area (TPSA) is 88.4 Å². The number of benzene rings is 1. The second kappa shape index (κ2) is 6.37. The van der Waals surface area contributed by atoms with Crippen molar-refractivity contribution in [1.29, 1.82) is 0 Å². The first-order valence-electron chi connectivity index (χ1n) is 7.56. The molecule has 0 aliphatic carbocycles. The third-order valence-electron chi connectivity index (χ3n) is 4.03. The summed E-state index contributed by atoms with van der Waals surface area (Å²) < 4.78 is 4.88. The number of oxime groups is 1. The highest BCUT2D eigenvalue weighted by Crippen LogP contribution is 2.32. The summed E-state index contributed by atoms with van der Waals surface area (Å²) in [7, 11) is 0. The molecule has 3 rings (SSSR count). The molecule has 1 N–H and O–H groups in total. The van der Waals surface area contributed by atoms with E-state index in [0.29, 0.717) is 13.0 Å². The number of hydrogen-bond donors (Lipinski definition) is 1. The number of hydrogen-bond acceptors (Lipinski definition) is 6. The van der Waals surface area contributed by atoms with Gasteiger partial charge in [0, 0.05) is 6.54 Å². The maximum Gasteiger partial charge on any atom is 0.357 e. The van der Waals surface area contributed by atoms with Crippen LogP contribution in [-0.2, 0) is 25.6 Å². The molecule has 1 saturated heterocycles. The lowest BCUT2D eigenvalue weighted by Gasteiger charge is -2.22. The Morgan fingerprint density at radius 2 is 2.13 bits per heavy atom. The summed E-state index contributed by atoms with van der Waals surface area (Å²) in [6.07, 6.45) is -1.36. The van der Waals surface area contributed by atoms with Crippen LogP contribution in [0.15, 0.2) is 35.5 Å². The van der Waals surface area contributed by atoms with Gasteiger partial charge in [-0.15, -0.1) is 0 Å². The standard InChI is InChI=1S/C16H18N2O5/c1-2-22-16(21)12-11-13(23-17-12)15(20)18(14(11)19)9-8-10-6-4-3-5-7-10/h3-7,11,13,15,20H,2,8-9H2,1H3/t11-,13+,15+/m1/s1. The molecule has 7 nitrogen and oxygen atoms in total. The minimum Gasteiger partial charge on any atom is -0.461 e. The van der Waals surface area contributed by atoms with E-state index in [1.54, 1.807) is 6.92 Å². The van der Waals surface area contributed by atoms with Crippen molar-refractivity contribution in [2.75, 3.05) is 13.2 Å². The molecule has 122 valence electrons. The van der Waals surface area contributed by atoms with Gasteiger partial charge in [0.25, 0.3) is 0 Å². The van der Waals surface area contributed by atoms with Crippen molar-refractivity contribution in [2.24, 2.45) is 11.1 Å². The molecule has 0 unspecified atom stereocenters. The zero-order chi connectivity index (χ0) is 16.4. The van der Waals surface area contributed by atoms with Gasteiger partial charge < -0.3 is 19.6 Å². The minimum atomic E-state index is -1.12. The maximum atomic E-state index is 12.5. The van der Waals surface area contributed by atoms with Crippen LogP contribution in [0.1, 0.15) is 12.5 Å². The van der Waals surface area contributed by atoms with Crippen molar-refractivity contribution in [1.82, 2.24) is 4.90 Å². The molecule has 2 aliphatic rings. The number of ether oxygens (including phenoxy) is 1. The zero-order valence-electron chi connectivity index (χ0n) is 12.7. The fraction of sp³-hybridized carbons (Fsp3) is 0.438. The number of rotatable bonds is 5. The normalized spacial score (nSPS) is 25.8. The van der Waals surface area contributed by atoms with E-state index >= 15 is 0 Å². The highest BCUT2D eigenvalue weighted by Gasteiger charge is 2.56. The quantitative estimate of drug-likeness (QED) is 0.790. The lowest BCUT2D eigenvalue weighted by atomic mass is 10.00. The van der Waals surface area contributed by atoms with Crippen LogP contribution in [0.25, 0.3) is 0 Å². The van der Waals surface area contributed by atoms with E-state index in [1.165, 1.54) is 4.90 Å². The number of aliphatic hydroxyl groups is 1.